The van der Waals surface area contributed by atoms with Gasteiger partial charge in [0.2, 0.25) is 5.91 Å². The third kappa shape index (κ3) is 5.21. The third-order valence-electron chi connectivity index (χ3n) is 4.21. The number of halogens is 1. The van der Waals surface area contributed by atoms with Gasteiger partial charge in [-0.3, -0.25) is 9.69 Å². The average Bonchev–Trinajstić information content (AvgIpc) is 2.54. The van der Waals surface area contributed by atoms with E-state index in [0.29, 0.717) is 35.3 Å². The molecule has 1 fully saturated rings. The molecule has 1 heterocycles. The van der Waals surface area contributed by atoms with Crippen molar-refractivity contribution in [2.24, 2.45) is 0 Å². The molecule has 1 atom stereocenters. The van der Waals surface area contributed by atoms with Crippen molar-refractivity contribution >= 4 is 23.2 Å². The number of hydrogen-bond donors (Lipinski definition) is 2. The maximum Gasteiger partial charge on any atom is 0.225 e. The van der Waals surface area contributed by atoms with Gasteiger partial charge in [-0.15, -0.1) is 0 Å². The molecule has 2 N–H and O–H groups in total. The van der Waals surface area contributed by atoms with Gasteiger partial charge in [-0.05, 0) is 44.0 Å². The van der Waals surface area contributed by atoms with Crippen LogP contribution < -0.4 is 5.32 Å². The highest BCUT2D eigenvalue weighted by molar-refractivity contribution is 6.32. The molecule has 0 spiro atoms. The summed E-state index contributed by atoms with van der Waals surface area (Å²) in [6.07, 6.45) is 4.60. The minimum absolute atomic E-state index is 0.0703. The SMILES string of the molecule is N#Cc1ccc(NC(=O)CCN2CCCC[C@H]2CCO)cc1Cl. The quantitative estimate of drug-likeness (QED) is 0.838. The van der Waals surface area contributed by atoms with Gasteiger partial charge in [0.15, 0.2) is 0 Å². The average molecular weight is 336 g/mol. The maximum atomic E-state index is 12.1. The van der Waals surface area contributed by atoms with Crippen molar-refractivity contribution in [2.75, 3.05) is 25.0 Å². The maximum absolute atomic E-state index is 12.1. The van der Waals surface area contributed by atoms with Gasteiger partial charge in [0.05, 0.1) is 10.6 Å². The Kier molecular flexibility index (Phi) is 6.85. The molecule has 1 amide bonds. The second-order valence-corrected chi connectivity index (χ2v) is 6.21. The van der Waals surface area contributed by atoms with Gasteiger partial charge >= 0.3 is 0 Å². The predicted octanol–water partition coefficient (Wildman–Crippen LogP) is 2.78. The molecule has 0 radical (unpaired) electrons. The van der Waals surface area contributed by atoms with E-state index in [1.807, 2.05) is 6.07 Å². The Hall–Kier alpha value is -1.61. The number of nitrogens with zero attached hydrogens (tertiary/aromatic N) is 2. The number of carbonyl (C=O) groups is 1. The third-order valence-corrected chi connectivity index (χ3v) is 4.52. The summed E-state index contributed by atoms with van der Waals surface area (Å²) in [6, 6.07) is 7.24. The molecule has 6 heteroatoms. The van der Waals surface area contributed by atoms with Crippen molar-refractivity contribution in [2.45, 2.75) is 38.1 Å². The molecule has 124 valence electrons. The van der Waals surface area contributed by atoms with Crippen LogP contribution in [0.5, 0.6) is 0 Å². The summed E-state index contributed by atoms with van der Waals surface area (Å²) in [5, 5.41) is 21.1. The number of nitrogens with one attached hydrogen (secondary N) is 1. The first-order valence-electron chi connectivity index (χ1n) is 7.98. The molecule has 0 unspecified atom stereocenters. The van der Waals surface area contributed by atoms with Crippen LogP contribution in [0.15, 0.2) is 18.2 Å². The first-order chi connectivity index (χ1) is 11.1. The molecule has 0 aliphatic carbocycles. The molecule has 1 aromatic rings. The van der Waals surface area contributed by atoms with E-state index in [1.165, 1.54) is 6.42 Å². The summed E-state index contributed by atoms with van der Waals surface area (Å²) in [4.78, 5) is 14.4. The van der Waals surface area contributed by atoms with Crippen molar-refractivity contribution in [1.29, 1.82) is 5.26 Å². The minimum Gasteiger partial charge on any atom is -0.396 e. The Labute approximate surface area is 141 Å². The fourth-order valence-corrected chi connectivity index (χ4v) is 3.21. The summed E-state index contributed by atoms with van der Waals surface area (Å²) < 4.78 is 0. The lowest BCUT2D eigenvalue weighted by molar-refractivity contribution is -0.116. The Morgan fingerprint density at radius 1 is 1.48 bits per heavy atom. The lowest BCUT2D eigenvalue weighted by Crippen LogP contribution is -2.41. The molecule has 1 aromatic carbocycles. The molecule has 0 bridgehead atoms. The summed E-state index contributed by atoms with van der Waals surface area (Å²) in [5.74, 6) is -0.0703. The number of piperidine rings is 1. The molecule has 1 saturated heterocycles. The van der Waals surface area contributed by atoms with Crippen LogP contribution in [0.4, 0.5) is 5.69 Å². The number of carbonyl (C=O) groups excluding carboxylic acids is 1. The van der Waals surface area contributed by atoms with Crippen LogP contribution in [-0.2, 0) is 4.79 Å². The van der Waals surface area contributed by atoms with Gasteiger partial charge in [0.1, 0.15) is 6.07 Å². The smallest absolute Gasteiger partial charge is 0.225 e. The topological polar surface area (TPSA) is 76.4 Å². The minimum atomic E-state index is -0.0703. The van der Waals surface area contributed by atoms with E-state index in [-0.39, 0.29) is 12.5 Å². The van der Waals surface area contributed by atoms with Crippen LogP contribution in [0.1, 0.15) is 37.7 Å². The standard InChI is InChI=1S/C17H22ClN3O2/c18-16-11-14(5-4-13(16)12-19)20-17(23)6-9-21-8-2-1-3-15(21)7-10-22/h4-5,11,15,22H,1-3,6-10H2,(H,20,23)/t15-/m0/s1. The fraction of sp³-hybridized carbons (Fsp3) is 0.529. The van der Waals surface area contributed by atoms with Crippen molar-refractivity contribution < 1.29 is 9.90 Å². The van der Waals surface area contributed by atoms with Gasteiger partial charge < -0.3 is 10.4 Å². The van der Waals surface area contributed by atoms with Gasteiger partial charge in [0, 0.05) is 31.3 Å². The predicted molar refractivity (Wildman–Crippen MR) is 90.3 cm³/mol. The molecule has 23 heavy (non-hydrogen) atoms. The van der Waals surface area contributed by atoms with Gasteiger partial charge in [0.25, 0.3) is 0 Å². The van der Waals surface area contributed by atoms with E-state index >= 15 is 0 Å². The number of rotatable bonds is 6. The fourth-order valence-electron chi connectivity index (χ4n) is 2.98. The van der Waals surface area contributed by atoms with Crippen molar-refractivity contribution in [3.05, 3.63) is 28.8 Å². The number of nitriles is 1. The van der Waals surface area contributed by atoms with Gasteiger partial charge in [-0.1, -0.05) is 18.0 Å². The summed E-state index contributed by atoms with van der Waals surface area (Å²) in [5.41, 5.74) is 0.995. The number of aliphatic hydroxyl groups is 1. The Balaban J connectivity index is 1.84. The van der Waals surface area contributed by atoms with Gasteiger partial charge in [-0.25, -0.2) is 0 Å². The zero-order chi connectivity index (χ0) is 16.7. The van der Waals surface area contributed by atoms with Crippen LogP contribution in [-0.4, -0.2) is 41.7 Å². The summed E-state index contributed by atoms with van der Waals surface area (Å²) in [6.45, 7) is 1.87. The van der Waals surface area contributed by atoms with Crippen LogP contribution in [0.2, 0.25) is 5.02 Å². The van der Waals surface area contributed by atoms with Crippen LogP contribution in [0.3, 0.4) is 0 Å². The molecule has 0 aromatic heterocycles. The number of hydrogen-bond acceptors (Lipinski definition) is 4. The molecule has 2 rings (SSSR count). The lowest BCUT2D eigenvalue weighted by Gasteiger charge is -2.35. The van der Waals surface area contributed by atoms with E-state index in [4.69, 9.17) is 22.0 Å². The molecular formula is C17H22ClN3O2. The van der Waals surface area contributed by atoms with Gasteiger partial charge in [-0.2, -0.15) is 5.26 Å². The highest BCUT2D eigenvalue weighted by Gasteiger charge is 2.22. The van der Waals surface area contributed by atoms with Crippen molar-refractivity contribution in [3.8, 4) is 6.07 Å². The highest BCUT2D eigenvalue weighted by atomic mass is 35.5. The van der Waals surface area contributed by atoms with E-state index < -0.39 is 0 Å². The number of likely N-dealkylation sites (tertiary alicyclic amines) is 1. The van der Waals surface area contributed by atoms with Crippen molar-refractivity contribution in [1.82, 2.24) is 4.90 Å². The number of anilines is 1. The molecule has 1 aliphatic heterocycles. The summed E-state index contributed by atoms with van der Waals surface area (Å²) in [7, 11) is 0. The van der Waals surface area contributed by atoms with Crippen LogP contribution >= 0.6 is 11.6 Å². The molecule has 0 saturated carbocycles. The number of aliphatic hydroxyl groups excluding tert-OH is 1. The number of benzene rings is 1. The zero-order valence-electron chi connectivity index (χ0n) is 13.1. The van der Waals surface area contributed by atoms with Crippen LogP contribution in [0, 0.1) is 11.3 Å². The van der Waals surface area contributed by atoms with E-state index in [2.05, 4.69) is 10.2 Å². The molecule has 1 aliphatic rings. The number of amides is 1. The first kappa shape index (κ1) is 17.7. The molecule has 5 nitrogen and oxygen atoms in total. The van der Waals surface area contributed by atoms with E-state index in [9.17, 15) is 4.79 Å². The Morgan fingerprint density at radius 2 is 2.30 bits per heavy atom. The zero-order valence-corrected chi connectivity index (χ0v) is 13.9. The van der Waals surface area contributed by atoms with Crippen LogP contribution in [0.25, 0.3) is 0 Å². The highest BCUT2D eigenvalue weighted by Crippen LogP contribution is 2.21. The van der Waals surface area contributed by atoms with E-state index in [0.717, 1.165) is 25.8 Å². The Morgan fingerprint density at radius 3 is 3.00 bits per heavy atom. The molecular weight excluding hydrogens is 314 g/mol. The largest absolute Gasteiger partial charge is 0.396 e. The van der Waals surface area contributed by atoms with Crippen molar-refractivity contribution in [3.63, 3.8) is 0 Å². The second kappa shape index (κ2) is 8.88. The second-order valence-electron chi connectivity index (χ2n) is 5.80. The lowest BCUT2D eigenvalue weighted by atomic mass is 9.99. The first-order valence-corrected chi connectivity index (χ1v) is 8.36. The Bertz CT molecular complexity index is 584. The monoisotopic (exact) mass is 335 g/mol. The van der Waals surface area contributed by atoms with E-state index in [1.54, 1.807) is 18.2 Å². The normalized spacial score (nSPS) is 18.4. The summed E-state index contributed by atoms with van der Waals surface area (Å²) >= 11 is 5.96.